The second kappa shape index (κ2) is 10.1. The van der Waals surface area contributed by atoms with Gasteiger partial charge < -0.3 is 20.6 Å². The van der Waals surface area contributed by atoms with Crippen molar-refractivity contribution in [2.75, 3.05) is 19.5 Å². The van der Waals surface area contributed by atoms with E-state index in [2.05, 4.69) is 34.4 Å². The van der Waals surface area contributed by atoms with E-state index < -0.39 is 17.7 Å². The molecule has 1 amide bonds. The predicted octanol–water partition coefficient (Wildman–Crippen LogP) is 3.44. The second-order valence-electron chi connectivity index (χ2n) is 9.81. The number of benzene rings is 1. The molecule has 2 aromatic rings. The third kappa shape index (κ3) is 3.84. The third-order valence-corrected chi connectivity index (χ3v) is 8.07. The lowest BCUT2D eigenvalue weighted by molar-refractivity contribution is -0.122. The van der Waals surface area contributed by atoms with Crippen molar-refractivity contribution in [2.24, 2.45) is 4.99 Å². The number of hydrogen-bond donors (Lipinski definition) is 3. The van der Waals surface area contributed by atoms with E-state index in [1.54, 1.807) is 13.4 Å². The van der Waals surface area contributed by atoms with Crippen molar-refractivity contribution in [2.45, 2.75) is 70.1 Å². The number of likely N-dealkylation sites (N-methyl/N-ethyl adjacent to an activating group) is 1. The zero-order chi connectivity index (χ0) is 27.0. The summed E-state index contributed by atoms with van der Waals surface area (Å²) < 4.78 is 1.86. The standard InChI is InChI=1S/C27H35N7O4/c1-5-27(6-2)21-19(26(36)37)29-16-32(21)20-22(33(27)18-14-10-11-15-18)31-24(25(35)28-3)34(38-4)23(20)30-17-12-8-7-9-13-17/h7-9,12-13,16,18,23,30H,5-6,10-11,14-15H2,1-4H3,(H,28,35)(H,36,37)/t23-/m1/s1. The maximum atomic E-state index is 13.1. The van der Waals surface area contributed by atoms with Crippen LogP contribution >= 0.6 is 0 Å². The molecule has 1 fully saturated rings. The third-order valence-electron chi connectivity index (χ3n) is 8.07. The molecule has 3 heterocycles. The van der Waals surface area contributed by atoms with Gasteiger partial charge in [-0.3, -0.25) is 14.2 Å². The number of carboxylic acid groups (broad SMARTS) is 1. The second-order valence-corrected chi connectivity index (χ2v) is 9.81. The van der Waals surface area contributed by atoms with E-state index in [0.717, 1.165) is 31.4 Å². The molecule has 0 bridgehead atoms. The van der Waals surface area contributed by atoms with Crippen molar-refractivity contribution in [3.8, 4) is 0 Å². The normalized spacial score (nSPS) is 20.6. The van der Waals surface area contributed by atoms with E-state index in [1.165, 1.54) is 12.2 Å². The monoisotopic (exact) mass is 521 g/mol. The number of nitrogens with zero attached hydrogens (tertiary/aromatic N) is 5. The molecule has 11 nitrogen and oxygen atoms in total. The quantitative estimate of drug-likeness (QED) is 0.483. The van der Waals surface area contributed by atoms with Crippen LogP contribution in [0, 0.1) is 0 Å². The summed E-state index contributed by atoms with van der Waals surface area (Å²) >= 11 is 0. The number of carbonyl (C=O) groups is 2. The number of carbonyl (C=O) groups excluding carboxylic acids is 1. The van der Waals surface area contributed by atoms with Crippen LogP contribution in [0.3, 0.4) is 0 Å². The Morgan fingerprint density at radius 3 is 2.42 bits per heavy atom. The molecule has 5 rings (SSSR count). The first-order chi connectivity index (χ1) is 18.4. The number of nitrogens with one attached hydrogen (secondary N) is 2. The Kier molecular flexibility index (Phi) is 6.87. The number of para-hydroxylation sites is 1. The zero-order valence-corrected chi connectivity index (χ0v) is 22.3. The molecule has 3 N–H and O–H groups in total. The van der Waals surface area contributed by atoms with Crippen molar-refractivity contribution in [3.63, 3.8) is 0 Å². The summed E-state index contributed by atoms with van der Waals surface area (Å²) in [6.45, 7) is 4.15. The number of hydrogen-bond acceptors (Lipinski definition) is 8. The Hall–Kier alpha value is -3.86. The van der Waals surface area contributed by atoms with Crippen LogP contribution in [-0.4, -0.2) is 68.7 Å². The van der Waals surface area contributed by atoms with Crippen LogP contribution in [-0.2, 0) is 15.2 Å². The minimum atomic E-state index is -1.07. The molecule has 3 aliphatic rings. The van der Waals surface area contributed by atoms with E-state index in [1.807, 2.05) is 34.9 Å². The van der Waals surface area contributed by atoms with Crippen molar-refractivity contribution >= 4 is 29.1 Å². The maximum absolute atomic E-state index is 13.1. The van der Waals surface area contributed by atoms with Gasteiger partial charge in [0.2, 0.25) is 5.84 Å². The molecule has 1 saturated carbocycles. The first kappa shape index (κ1) is 25.8. The van der Waals surface area contributed by atoms with Gasteiger partial charge >= 0.3 is 5.97 Å². The summed E-state index contributed by atoms with van der Waals surface area (Å²) in [5.41, 5.74) is 1.48. The lowest BCUT2D eigenvalue weighted by atomic mass is 9.81. The van der Waals surface area contributed by atoms with Gasteiger partial charge in [-0.05, 0) is 37.8 Å². The van der Waals surface area contributed by atoms with Crippen LogP contribution in [0.2, 0.25) is 0 Å². The van der Waals surface area contributed by atoms with Crippen molar-refractivity contribution in [3.05, 3.63) is 53.9 Å². The number of amidine groups is 1. The summed E-state index contributed by atoms with van der Waals surface area (Å²) in [5.74, 6) is -0.691. The van der Waals surface area contributed by atoms with Gasteiger partial charge in [0, 0.05) is 18.8 Å². The summed E-state index contributed by atoms with van der Waals surface area (Å²) in [6.07, 6.45) is 6.26. The number of hydroxylamine groups is 2. The summed E-state index contributed by atoms with van der Waals surface area (Å²) in [4.78, 5) is 43.0. The van der Waals surface area contributed by atoms with E-state index in [4.69, 9.17) is 9.83 Å². The molecular weight excluding hydrogens is 486 g/mol. The van der Waals surface area contributed by atoms with E-state index >= 15 is 0 Å². The van der Waals surface area contributed by atoms with Gasteiger partial charge in [0.25, 0.3) is 5.91 Å². The Balaban J connectivity index is 1.84. The number of aliphatic imine (C=N–C) groups is 1. The van der Waals surface area contributed by atoms with Gasteiger partial charge in [-0.2, -0.15) is 0 Å². The lowest BCUT2D eigenvalue weighted by Crippen LogP contribution is -2.60. The highest BCUT2D eigenvalue weighted by atomic mass is 16.7. The van der Waals surface area contributed by atoms with Crippen LogP contribution in [0.1, 0.15) is 68.6 Å². The lowest BCUT2D eigenvalue weighted by Gasteiger charge is -2.54. The molecule has 1 aromatic heterocycles. The first-order valence-corrected chi connectivity index (χ1v) is 13.2. The van der Waals surface area contributed by atoms with Crippen LogP contribution in [0.5, 0.6) is 0 Å². The zero-order valence-electron chi connectivity index (χ0n) is 22.3. The topological polar surface area (TPSA) is 124 Å². The fourth-order valence-corrected chi connectivity index (χ4v) is 6.31. The highest BCUT2D eigenvalue weighted by Crippen LogP contribution is 2.51. The molecule has 0 radical (unpaired) electrons. The molecule has 1 atom stereocenters. The minimum Gasteiger partial charge on any atom is -0.476 e. The number of aromatic nitrogens is 2. The smallest absolute Gasteiger partial charge is 0.356 e. The average molecular weight is 522 g/mol. The molecule has 0 unspecified atom stereocenters. The summed E-state index contributed by atoms with van der Waals surface area (Å²) in [5, 5.41) is 17.8. The van der Waals surface area contributed by atoms with Gasteiger partial charge in [-0.15, -0.1) is 0 Å². The van der Waals surface area contributed by atoms with Crippen LogP contribution in [0.15, 0.2) is 47.5 Å². The molecule has 2 aliphatic heterocycles. The van der Waals surface area contributed by atoms with Crippen LogP contribution < -0.4 is 10.6 Å². The van der Waals surface area contributed by atoms with Gasteiger partial charge in [0.1, 0.15) is 12.0 Å². The summed E-state index contributed by atoms with van der Waals surface area (Å²) in [6, 6.07) is 9.76. The van der Waals surface area contributed by atoms with Gasteiger partial charge in [-0.1, -0.05) is 44.9 Å². The number of aromatic carboxylic acids is 1. The Labute approximate surface area is 222 Å². The van der Waals surface area contributed by atoms with Crippen molar-refractivity contribution in [1.82, 2.24) is 24.8 Å². The Morgan fingerprint density at radius 1 is 1.16 bits per heavy atom. The molecule has 1 aliphatic carbocycles. The molecule has 1 aromatic carbocycles. The number of carboxylic acids is 1. The van der Waals surface area contributed by atoms with Crippen molar-refractivity contribution < 1.29 is 19.5 Å². The fourth-order valence-electron chi connectivity index (χ4n) is 6.31. The average Bonchev–Trinajstić information content (AvgIpc) is 3.63. The van der Waals surface area contributed by atoms with Crippen LogP contribution in [0.25, 0.3) is 5.70 Å². The molecule has 0 saturated heterocycles. The number of imidazole rings is 1. The van der Waals surface area contributed by atoms with E-state index in [0.29, 0.717) is 30.1 Å². The maximum Gasteiger partial charge on any atom is 0.356 e. The minimum absolute atomic E-state index is 0.0340. The molecule has 11 heteroatoms. The first-order valence-electron chi connectivity index (χ1n) is 13.2. The van der Waals surface area contributed by atoms with Crippen molar-refractivity contribution in [1.29, 1.82) is 0 Å². The fraction of sp³-hybridized carbons (Fsp3) is 0.481. The van der Waals surface area contributed by atoms with E-state index in [-0.39, 0.29) is 23.5 Å². The number of amides is 1. The van der Waals surface area contributed by atoms with Crippen LogP contribution in [0.4, 0.5) is 5.69 Å². The predicted molar refractivity (Wildman–Crippen MR) is 143 cm³/mol. The number of anilines is 1. The SMILES string of the molecule is CCC1(CC)c2c(C(=O)O)ncn2C2=C(N=C(C(=O)NC)N(OC)[C@H]2Nc2ccccc2)N1C1CCCC1. The number of fused-ring (bicyclic) bond motifs is 2. The Morgan fingerprint density at radius 2 is 1.84 bits per heavy atom. The van der Waals surface area contributed by atoms with Gasteiger partial charge in [-0.25, -0.2) is 19.8 Å². The number of rotatable bonds is 8. The molecule has 38 heavy (non-hydrogen) atoms. The highest BCUT2D eigenvalue weighted by molar-refractivity contribution is 6.38. The van der Waals surface area contributed by atoms with E-state index in [9.17, 15) is 14.7 Å². The summed E-state index contributed by atoms with van der Waals surface area (Å²) in [7, 11) is 3.05. The molecule has 202 valence electrons. The largest absolute Gasteiger partial charge is 0.476 e. The molecular formula is C27H35N7O4. The molecule has 0 spiro atoms. The van der Waals surface area contributed by atoms with Gasteiger partial charge in [0.05, 0.1) is 18.3 Å². The van der Waals surface area contributed by atoms with Gasteiger partial charge in [0.15, 0.2) is 17.7 Å². The highest BCUT2D eigenvalue weighted by Gasteiger charge is 2.53. The Bertz CT molecular complexity index is 1280.